The van der Waals surface area contributed by atoms with Gasteiger partial charge < -0.3 is 9.47 Å². The maximum absolute atomic E-state index is 6.98. The molecule has 0 N–H and O–H groups in total. The predicted molar refractivity (Wildman–Crippen MR) is 111 cm³/mol. The number of hydrogen-bond acceptors (Lipinski definition) is 3. The van der Waals surface area contributed by atoms with Crippen molar-refractivity contribution in [3.8, 4) is 11.5 Å². The van der Waals surface area contributed by atoms with Gasteiger partial charge in [-0.1, -0.05) is 47.6 Å². The van der Waals surface area contributed by atoms with Gasteiger partial charge in [0.15, 0.2) is 17.6 Å². The van der Waals surface area contributed by atoms with Gasteiger partial charge >= 0.3 is 0 Å². The Hall–Kier alpha value is -1.22. The average Bonchev–Trinajstić information content (AvgIpc) is 3.12. The number of rotatable bonds is 1. The molecule has 3 aliphatic rings. The number of likely N-dealkylation sites (tertiary alicyclic amines) is 1. The summed E-state index contributed by atoms with van der Waals surface area (Å²) < 4.78 is 13.8. The molecule has 0 aromatic heterocycles. The van der Waals surface area contributed by atoms with Crippen molar-refractivity contribution in [1.82, 2.24) is 4.90 Å². The first-order chi connectivity index (χ1) is 12.6. The van der Waals surface area contributed by atoms with E-state index in [9.17, 15) is 0 Å². The Bertz CT molecular complexity index is 706. The normalized spacial score (nSPS) is 28.9. The highest BCUT2D eigenvalue weighted by atomic mass is 16.6. The monoisotopic (exact) mass is 371 g/mol. The van der Waals surface area contributed by atoms with Crippen LogP contribution in [-0.4, -0.2) is 29.8 Å². The molecule has 0 unspecified atom stereocenters. The first kappa shape index (κ1) is 19.1. The van der Waals surface area contributed by atoms with E-state index in [4.69, 9.17) is 9.47 Å². The number of benzene rings is 1. The highest BCUT2D eigenvalue weighted by Gasteiger charge is 2.53. The predicted octanol–water partition coefficient (Wildman–Crippen LogP) is 5.79. The molecule has 1 aromatic rings. The molecule has 150 valence electrons. The second-order valence-electron chi connectivity index (χ2n) is 10.8. The van der Waals surface area contributed by atoms with Crippen LogP contribution in [0.5, 0.6) is 11.5 Å². The fourth-order valence-corrected chi connectivity index (χ4v) is 5.01. The molecule has 27 heavy (non-hydrogen) atoms. The lowest BCUT2D eigenvalue weighted by Crippen LogP contribution is -2.64. The van der Waals surface area contributed by atoms with Crippen molar-refractivity contribution in [2.45, 2.75) is 103 Å². The summed E-state index contributed by atoms with van der Waals surface area (Å²) in [4.78, 5) is 2.58. The highest BCUT2D eigenvalue weighted by molar-refractivity contribution is 5.55. The Balaban J connectivity index is 1.84. The van der Waals surface area contributed by atoms with Crippen LogP contribution in [0.3, 0.4) is 0 Å². The summed E-state index contributed by atoms with van der Waals surface area (Å²) >= 11 is 0. The van der Waals surface area contributed by atoms with Crippen molar-refractivity contribution in [1.29, 1.82) is 0 Å². The van der Waals surface area contributed by atoms with Gasteiger partial charge in [-0.3, -0.25) is 4.90 Å². The minimum Gasteiger partial charge on any atom is -0.481 e. The molecule has 3 nitrogen and oxygen atoms in total. The van der Waals surface area contributed by atoms with Gasteiger partial charge in [-0.15, -0.1) is 0 Å². The third-order valence-electron chi connectivity index (χ3n) is 6.67. The van der Waals surface area contributed by atoms with Gasteiger partial charge in [0, 0.05) is 25.1 Å². The Labute approximate surface area is 165 Å². The molecule has 2 heterocycles. The Morgan fingerprint density at radius 2 is 1.63 bits per heavy atom. The van der Waals surface area contributed by atoms with Gasteiger partial charge in [0.25, 0.3) is 0 Å². The summed E-state index contributed by atoms with van der Waals surface area (Å²) in [5.41, 5.74) is 2.47. The van der Waals surface area contributed by atoms with Gasteiger partial charge in [0.05, 0.1) is 0 Å². The van der Waals surface area contributed by atoms with Crippen LogP contribution in [0.4, 0.5) is 0 Å². The van der Waals surface area contributed by atoms with E-state index in [1.165, 1.54) is 36.8 Å². The van der Waals surface area contributed by atoms with Crippen LogP contribution in [0, 0.1) is 0 Å². The van der Waals surface area contributed by atoms with Crippen LogP contribution in [0.25, 0.3) is 0 Å². The van der Waals surface area contributed by atoms with Crippen LogP contribution in [0.15, 0.2) is 12.1 Å². The minimum absolute atomic E-state index is 0.0248. The van der Waals surface area contributed by atoms with Crippen LogP contribution in [0.1, 0.15) is 91.2 Å². The van der Waals surface area contributed by atoms with Gasteiger partial charge in [-0.25, -0.2) is 0 Å². The molecule has 1 aromatic carbocycles. The fraction of sp³-hybridized carbons (Fsp3) is 0.750. The van der Waals surface area contributed by atoms with E-state index in [0.717, 1.165) is 37.4 Å². The van der Waals surface area contributed by atoms with E-state index in [-0.39, 0.29) is 22.7 Å². The van der Waals surface area contributed by atoms with Crippen molar-refractivity contribution in [2.75, 3.05) is 13.1 Å². The molecule has 2 fully saturated rings. The van der Waals surface area contributed by atoms with Gasteiger partial charge in [0.1, 0.15) is 0 Å². The van der Waals surface area contributed by atoms with E-state index in [2.05, 4.69) is 58.6 Å². The molecule has 0 bridgehead atoms. The van der Waals surface area contributed by atoms with Crippen molar-refractivity contribution < 1.29 is 9.47 Å². The maximum Gasteiger partial charge on any atom is 0.200 e. The zero-order valence-electron chi connectivity index (χ0n) is 18.2. The first-order valence-electron chi connectivity index (χ1n) is 10.9. The van der Waals surface area contributed by atoms with Gasteiger partial charge in [-0.05, 0) is 54.6 Å². The number of ether oxygens (including phenoxy) is 2. The fourth-order valence-electron chi connectivity index (χ4n) is 5.01. The van der Waals surface area contributed by atoms with Crippen LogP contribution in [-0.2, 0) is 10.8 Å². The maximum atomic E-state index is 6.98. The number of fused-ring (bicyclic) bond motifs is 2. The van der Waals surface area contributed by atoms with Crippen LogP contribution in [0.2, 0.25) is 0 Å². The number of nitrogens with zero attached hydrogens (tertiary/aromatic N) is 1. The van der Waals surface area contributed by atoms with Crippen molar-refractivity contribution in [2.24, 2.45) is 0 Å². The molecule has 1 saturated carbocycles. The molecule has 4 rings (SSSR count). The average molecular weight is 372 g/mol. The summed E-state index contributed by atoms with van der Waals surface area (Å²) in [7, 11) is 0. The molecule has 0 spiro atoms. The summed E-state index contributed by atoms with van der Waals surface area (Å²) in [6.45, 7) is 16.0. The number of hydrogen-bond donors (Lipinski definition) is 0. The van der Waals surface area contributed by atoms with E-state index in [1.807, 2.05) is 0 Å². The third-order valence-corrected chi connectivity index (χ3v) is 6.67. The Morgan fingerprint density at radius 3 is 2.26 bits per heavy atom. The SMILES string of the molecule is CC(C)(C)c1cc2c(c(C(C)(C)C)c1)O[C@@H]1CCCC[C@@]1(N1CCCC1)O2. The molecule has 0 amide bonds. The molecule has 2 aliphatic heterocycles. The molecule has 3 heteroatoms. The summed E-state index contributed by atoms with van der Waals surface area (Å²) in [5, 5.41) is 0. The van der Waals surface area contributed by atoms with E-state index >= 15 is 0 Å². The zero-order chi connectivity index (χ0) is 19.4. The smallest absolute Gasteiger partial charge is 0.200 e. The van der Waals surface area contributed by atoms with E-state index < -0.39 is 0 Å². The van der Waals surface area contributed by atoms with Crippen molar-refractivity contribution >= 4 is 0 Å². The quantitative estimate of drug-likeness (QED) is 0.624. The van der Waals surface area contributed by atoms with E-state index in [1.54, 1.807) is 0 Å². The zero-order valence-corrected chi connectivity index (χ0v) is 18.2. The molecular formula is C24H37NO2. The van der Waals surface area contributed by atoms with Crippen molar-refractivity contribution in [3.63, 3.8) is 0 Å². The third kappa shape index (κ3) is 3.26. The largest absolute Gasteiger partial charge is 0.481 e. The van der Waals surface area contributed by atoms with Gasteiger partial charge in [-0.2, -0.15) is 0 Å². The summed E-state index contributed by atoms with van der Waals surface area (Å²) in [6, 6.07) is 4.61. The molecular weight excluding hydrogens is 334 g/mol. The Morgan fingerprint density at radius 1 is 0.926 bits per heavy atom. The summed E-state index contributed by atoms with van der Waals surface area (Å²) in [6.07, 6.45) is 7.36. The Kier molecular flexibility index (Phi) is 4.53. The summed E-state index contributed by atoms with van der Waals surface area (Å²) in [5.74, 6) is 1.97. The molecule has 1 saturated heterocycles. The van der Waals surface area contributed by atoms with E-state index in [0.29, 0.717) is 0 Å². The topological polar surface area (TPSA) is 21.7 Å². The second kappa shape index (κ2) is 6.40. The lowest BCUT2D eigenvalue weighted by atomic mass is 9.79. The second-order valence-corrected chi connectivity index (χ2v) is 10.8. The minimum atomic E-state index is -0.257. The molecule has 2 atom stereocenters. The molecule has 1 aliphatic carbocycles. The highest BCUT2D eigenvalue weighted by Crippen LogP contribution is 2.51. The first-order valence-corrected chi connectivity index (χ1v) is 10.9. The van der Waals surface area contributed by atoms with Crippen LogP contribution < -0.4 is 9.47 Å². The van der Waals surface area contributed by atoms with Crippen LogP contribution >= 0.6 is 0 Å². The van der Waals surface area contributed by atoms with Crippen molar-refractivity contribution in [3.05, 3.63) is 23.3 Å². The lowest BCUT2D eigenvalue weighted by Gasteiger charge is -2.52. The molecule has 0 radical (unpaired) electrons. The standard InChI is InChI=1S/C24H37NO2/c1-22(2,3)17-15-18(23(4,5)6)21-19(16-17)27-24(25-13-9-10-14-25)12-8-7-11-20(24)26-21/h15-16,20H,7-14H2,1-6H3/t20-,24-/m1/s1. The van der Waals surface area contributed by atoms with Gasteiger partial charge in [0.2, 0.25) is 5.72 Å². The lowest BCUT2D eigenvalue weighted by molar-refractivity contribution is -0.180.